The van der Waals surface area contributed by atoms with Crippen LogP contribution >= 0.6 is 0 Å². The molecule has 1 aliphatic carbocycles. The van der Waals surface area contributed by atoms with Crippen molar-refractivity contribution in [1.29, 1.82) is 0 Å². The van der Waals surface area contributed by atoms with Gasteiger partial charge in [-0.05, 0) is 60.3 Å². The van der Waals surface area contributed by atoms with Crippen LogP contribution in [-0.4, -0.2) is 36.2 Å². The van der Waals surface area contributed by atoms with Crippen LogP contribution in [0.1, 0.15) is 60.3 Å². The Bertz CT molecular complexity index is 402. The van der Waals surface area contributed by atoms with Crippen LogP contribution in [0.25, 0.3) is 0 Å². The second-order valence-corrected chi connectivity index (χ2v) is 7.84. The highest BCUT2D eigenvalue weighted by Gasteiger charge is 2.29. The van der Waals surface area contributed by atoms with Crippen LogP contribution in [0.4, 0.5) is 4.79 Å². The number of hydrogen-bond donors (Lipinski definition) is 3. The average Bonchev–Trinajstić information content (AvgIpc) is 2.34. The van der Waals surface area contributed by atoms with E-state index in [2.05, 4.69) is 10.6 Å². The van der Waals surface area contributed by atoms with Gasteiger partial charge in [0, 0.05) is 18.6 Å². The molecule has 4 N–H and O–H groups in total. The summed E-state index contributed by atoms with van der Waals surface area (Å²) in [4.78, 5) is 23.2. The minimum absolute atomic E-state index is 0.109. The third-order valence-corrected chi connectivity index (χ3v) is 3.89. The molecule has 2 unspecified atom stereocenters. The number of primary amides is 1. The monoisotopic (exact) mass is 313 g/mol. The summed E-state index contributed by atoms with van der Waals surface area (Å²) >= 11 is 0. The SMILES string of the molecule is CC(C)(C)OC(=O)NC1CCCC(NCC(C)(C)C(N)=O)C1. The Morgan fingerprint density at radius 1 is 1.14 bits per heavy atom. The number of rotatable bonds is 5. The van der Waals surface area contributed by atoms with Gasteiger partial charge in [0.15, 0.2) is 0 Å². The fourth-order valence-corrected chi connectivity index (χ4v) is 2.47. The first-order valence-electron chi connectivity index (χ1n) is 8.02. The van der Waals surface area contributed by atoms with E-state index in [1.807, 2.05) is 34.6 Å². The Morgan fingerprint density at radius 3 is 2.27 bits per heavy atom. The minimum Gasteiger partial charge on any atom is -0.444 e. The van der Waals surface area contributed by atoms with Gasteiger partial charge in [-0.25, -0.2) is 4.79 Å². The molecule has 0 saturated heterocycles. The summed E-state index contributed by atoms with van der Waals surface area (Å²) in [6, 6.07) is 0.394. The largest absolute Gasteiger partial charge is 0.444 e. The van der Waals surface area contributed by atoms with Gasteiger partial charge < -0.3 is 21.1 Å². The van der Waals surface area contributed by atoms with Crippen LogP contribution in [-0.2, 0) is 9.53 Å². The molecular formula is C16H31N3O3. The van der Waals surface area contributed by atoms with E-state index in [4.69, 9.17) is 10.5 Å². The first kappa shape index (κ1) is 18.7. The minimum atomic E-state index is -0.564. The highest BCUT2D eigenvalue weighted by atomic mass is 16.6. The van der Waals surface area contributed by atoms with E-state index in [-0.39, 0.29) is 24.1 Å². The summed E-state index contributed by atoms with van der Waals surface area (Å²) in [5.74, 6) is -0.306. The Labute approximate surface area is 133 Å². The number of alkyl carbamates (subject to hydrolysis) is 1. The lowest BCUT2D eigenvalue weighted by atomic mass is 9.88. The molecule has 6 heteroatoms. The molecule has 1 fully saturated rings. The molecule has 0 aromatic heterocycles. The quantitative estimate of drug-likeness (QED) is 0.723. The first-order chi connectivity index (χ1) is 9.99. The summed E-state index contributed by atoms with van der Waals surface area (Å²) in [5, 5.41) is 6.33. The number of amides is 2. The summed E-state index contributed by atoms with van der Waals surface area (Å²) in [6.45, 7) is 9.77. The highest BCUT2D eigenvalue weighted by molar-refractivity contribution is 5.80. The predicted octanol–water partition coefficient (Wildman–Crippen LogP) is 1.92. The average molecular weight is 313 g/mol. The van der Waals surface area contributed by atoms with Crippen LogP contribution in [0, 0.1) is 5.41 Å². The molecule has 2 amide bonds. The number of nitrogens with one attached hydrogen (secondary N) is 2. The smallest absolute Gasteiger partial charge is 0.407 e. The van der Waals surface area contributed by atoms with E-state index in [0.29, 0.717) is 6.54 Å². The van der Waals surface area contributed by atoms with Gasteiger partial charge in [0.05, 0.1) is 5.41 Å². The van der Waals surface area contributed by atoms with Gasteiger partial charge in [-0.1, -0.05) is 0 Å². The van der Waals surface area contributed by atoms with Gasteiger partial charge in [0.1, 0.15) is 5.60 Å². The normalized spacial score (nSPS) is 23.0. The molecule has 0 radical (unpaired) electrons. The van der Waals surface area contributed by atoms with Gasteiger partial charge in [-0.3, -0.25) is 4.79 Å². The van der Waals surface area contributed by atoms with Gasteiger partial charge in [0.25, 0.3) is 0 Å². The molecular weight excluding hydrogens is 282 g/mol. The van der Waals surface area contributed by atoms with E-state index >= 15 is 0 Å². The van der Waals surface area contributed by atoms with Crippen LogP contribution < -0.4 is 16.4 Å². The van der Waals surface area contributed by atoms with E-state index in [1.165, 1.54) is 0 Å². The molecule has 0 bridgehead atoms. The second kappa shape index (κ2) is 7.31. The Balaban J connectivity index is 2.42. The molecule has 0 spiro atoms. The highest BCUT2D eigenvalue weighted by Crippen LogP contribution is 2.21. The second-order valence-electron chi connectivity index (χ2n) is 7.84. The van der Waals surface area contributed by atoms with Crippen LogP contribution in [0.5, 0.6) is 0 Å². The summed E-state index contributed by atoms with van der Waals surface area (Å²) in [6.07, 6.45) is 3.51. The molecule has 0 aromatic rings. The molecule has 0 heterocycles. The van der Waals surface area contributed by atoms with Crippen molar-refractivity contribution in [3.8, 4) is 0 Å². The van der Waals surface area contributed by atoms with Crippen LogP contribution in [0.15, 0.2) is 0 Å². The van der Waals surface area contributed by atoms with Gasteiger partial charge >= 0.3 is 6.09 Å². The van der Waals surface area contributed by atoms with Gasteiger partial charge in [-0.2, -0.15) is 0 Å². The van der Waals surface area contributed by atoms with Gasteiger partial charge in [0.2, 0.25) is 5.91 Å². The molecule has 0 aliphatic heterocycles. The van der Waals surface area contributed by atoms with Crippen molar-refractivity contribution in [3.63, 3.8) is 0 Å². The Morgan fingerprint density at radius 2 is 1.73 bits per heavy atom. The van der Waals surface area contributed by atoms with Crippen molar-refractivity contribution in [3.05, 3.63) is 0 Å². The summed E-state index contributed by atoms with van der Waals surface area (Å²) in [5.41, 5.74) is 4.34. The zero-order valence-corrected chi connectivity index (χ0v) is 14.5. The van der Waals surface area contributed by atoms with Crippen molar-refractivity contribution >= 4 is 12.0 Å². The van der Waals surface area contributed by atoms with Crippen molar-refractivity contribution in [2.75, 3.05) is 6.54 Å². The Kier molecular flexibility index (Phi) is 6.23. The third-order valence-electron chi connectivity index (χ3n) is 3.89. The van der Waals surface area contributed by atoms with E-state index in [1.54, 1.807) is 0 Å². The van der Waals surface area contributed by atoms with Crippen molar-refractivity contribution in [2.24, 2.45) is 11.1 Å². The standard InChI is InChI=1S/C16H31N3O3/c1-15(2,3)22-14(21)19-12-8-6-7-11(9-12)18-10-16(4,5)13(17)20/h11-12,18H,6-10H2,1-5H3,(H2,17,20)(H,19,21). The molecule has 6 nitrogen and oxygen atoms in total. The number of carbonyl (C=O) groups is 2. The summed E-state index contributed by atoms with van der Waals surface area (Å²) in [7, 11) is 0. The maximum atomic E-state index is 11.8. The van der Waals surface area contributed by atoms with Crippen molar-refractivity contribution in [2.45, 2.75) is 78.0 Å². The van der Waals surface area contributed by atoms with E-state index in [0.717, 1.165) is 25.7 Å². The summed E-state index contributed by atoms with van der Waals surface area (Å²) < 4.78 is 5.29. The topological polar surface area (TPSA) is 93.4 Å². The fraction of sp³-hybridized carbons (Fsp3) is 0.875. The Hall–Kier alpha value is -1.30. The number of ether oxygens (including phenoxy) is 1. The maximum Gasteiger partial charge on any atom is 0.407 e. The lowest BCUT2D eigenvalue weighted by Crippen LogP contribution is -2.49. The molecule has 0 aromatic carbocycles. The van der Waals surface area contributed by atoms with Crippen LogP contribution in [0.2, 0.25) is 0 Å². The number of carbonyl (C=O) groups excluding carboxylic acids is 2. The molecule has 1 rings (SSSR count). The third kappa shape index (κ3) is 6.64. The fourth-order valence-electron chi connectivity index (χ4n) is 2.47. The molecule has 22 heavy (non-hydrogen) atoms. The van der Waals surface area contributed by atoms with E-state index < -0.39 is 11.0 Å². The zero-order chi connectivity index (χ0) is 17.0. The molecule has 1 aliphatic rings. The lowest BCUT2D eigenvalue weighted by molar-refractivity contribution is -0.125. The number of hydrogen-bond acceptors (Lipinski definition) is 4. The zero-order valence-electron chi connectivity index (χ0n) is 14.5. The predicted molar refractivity (Wildman–Crippen MR) is 86.4 cm³/mol. The lowest BCUT2D eigenvalue weighted by Gasteiger charge is -2.33. The van der Waals surface area contributed by atoms with Crippen LogP contribution in [0.3, 0.4) is 0 Å². The van der Waals surface area contributed by atoms with Crippen molar-refractivity contribution in [1.82, 2.24) is 10.6 Å². The molecule has 1 saturated carbocycles. The maximum absolute atomic E-state index is 11.8. The molecule has 2 atom stereocenters. The first-order valence-corrected chi connectivity index (χ1v) is 8.02. The van der Waals surface area contributed by atoms with Gasteiger partial charge in [-0.15, -0.1) is 0 Å². The van der Waals surface area contributed by atoms with Crippen molar-refractivity contribution < 1.29 is 14.3 Å². The molecule has 128 valence electrons. The number of nitrogens with two attached hydrogens (primary N) is 1. The van der Waals surface area contributed by atoms with E-state index in [9.17, 15) is 9.59 Å².